The molecule has 2 amide bonds. The van der Waals surface area contributed by atoms with Gasteiger partial charge < -0.3 is 15.0 Å². The van der Waals surface area contributed by atoms with E-state index < -0.39 is 5.41 Å². The van der Waals surface area contributed by atoms with E-state index in [1.165, 1.54) is 0 Å². The fourth-order valence-corrected chi connectivity index (χ4v) is 3.32. The summed E-state index contributed by atoms with van der Waals surface area (Å²) in [6.45, 7) is 6.46. The van der Waals surface area contributed by atoms with Crippen molar-refractivity contribution in [3.05, 3.63) is 27.8 Å². The molecule has 1 saturated heterocycles. The van der Waals surface area contributed by atoms with Crippen LogP contribution in [0.4, 0.5) is 5.69 Å². The predicted molar refractivity (Wildman–Crippen MR) is 108 cm³/mol. The van der Waals surface area contributed by atoms with Crippen LogP contribution in [0.2, 0.25) is 0 Å². The number of halogens is 1. The van der Waals surface area contributed by atoms with Crippen LogP contribution in [0.5, 0.6) is 0 Å². The Balaban J connectivity index is 1.76. The summed E-state index contributed by atoms with van der Waals surface area (Å²) in [6.07, 6.45) is 1.14. The van der Waals surface area contributed by atoms with Crippen LogP contribution in [0.25, 0.3) is 0 Å². The highest BCUT2D eigenvalue weighted by atomic mass is 127. The molecule has 0 aliphatic carbocycles. The van der Waals surface area contributed by atoms with Gasteiger partial charge in [-0.3, -0.25) is 14.4 Å². The second kappa shape index (κ2) is 8.83. The van der Waals surface area contributed by atoms with Crippen molar-refractivity contribution < 1.29 is 19.1 Å². The minimum Gasteiger partial charge on any atom is -0.455 e. The molecule has 26 heavy (non-hydrogen) atoms. The van der Waals surface area contributed by atoms with Crippen LogP contribution >= 0.6 is 22.6 Å². The zero-order chi connectivity index (χ0) is 19.3. The van der Waals surface area contributed by atoms with Crippen molar-refractivity contribution >= 4 is 46.1 Å². The highest BCUT2D eigenvalue weighted by molar-refractivity contribution is 14.1. The van der Waals surface area contributed by atoms with Crippen LogP contribution in [0.15, 0.2) is 24.3 Å². The lowest BCUT2D eigenvalue weighted by Gasteiger charge is -2.34. The number of rotatable bonds is 4. The van der Waals surface area contributed by atoms with Gasteiger partial charge in [-0.1, -0.05) is 32.9 Å². The third-order valence-electron chi connectivity index (χ3n) is 4.25. The van der Waals surface area contributed by atoms with Crippen molar-refractivity contribution in [1.29, 1.82) is 0 Å². The monoisotopic (exact) mass is 472 g/mol. The van der Waals surface area contributed by atoms with Crippen molar-refractivity contribution in [3.63, 3.8) is 0 Å². The zero-order valence-electron chi connectivity index (χ0n) is 15.4. The molecule has 1 aromatic carbocycles. The highest BCUT2D eigenvalue weighted by Crippen LogP contribution is 2.24. The summed E-state index contributed by atoms with van der Waals surface area (Å²) in [7, 11) is 0. The number of hydrogen-bond acceptors (Lipinski definition) is 4. The van der Waals surface area contributed by atoms with E-state index in [0.29, 0.717) is 31.6 Å². The molecule has 142 valence electrons. The number of benzene rings is 1. The second-order valence-electron chi connectivity index (χ2n) is 7.45. The van der Waals surface area contributed by atoms with E-state index in [1.54, 1.807) is 11.0 Å². The zero-order valence-corrected chi connectivity index (χ0v) is 17.5. The molecular formula is C19H25IN2O4. The molecular weight excluding hydrogens is 447 g/mol. The molecule has 0 saturated carbocycles. The first-order valence-corrected chi connectivity index (χ1v) is 9.77. The van der Waals surface area contributed by atoms with Gasteiger partial charge in [-0.15, -0.1) is 0 Å². The largest absolute Gasteiger partial charge is 0.455 e. The molecule has 0 unspecified atom stereocenters. The summed E-state index contributed by atoms with van der Waals surface area (Å²) >= 11 is 2.13. The Kier molecular flexibility index (Phi) is 7.02. The lowest BCUT2D eigenvalue weighted by Crippen LogP contribution is -2.45. The molecule has 1 aliphatic rings. The number of para-hydroxylation sites is 1. The Morgan fingerprint density at radius 3 is 2.38 bits per heavy atom. The molecule has 0 radical (unpaired) electrons. The van der Waals surface area contributed by atoms with Crippen LogP contribution in [0.1, 0.15) is 33.6 Å². The number of carbonyl (C=O) groups is 3. The number of esters is 1. The van der Waals surface area contributed by atoms with E-state index in [4.69, 9.17) is 4.74 Å². The quantitative estimate of drug-likeness (QED) is 0.540. The maximum Gasteiger partial charge on any atom is 0.309 e. The van der Waals surface area contributed by atoms with Crippen molar-refractivity contribution in [3.8, 4) is 0 Å². The van der Waals surface area contributed by atoms with Gasteiger partial charge >= 0.3 is 5.97 Å². The Hall–Kier alpha value is -1.64. The summed E-state index contributed by atoms with van der Waals surface area (Å²) in [5, 5.41) is 2.73. The van der Waals surface area contributed by atoms with Gasteiger partial charge in [0.25, 0.3) is 5.91 Å². The lowest BCUT2D eigenvalue weighted by atomic mass is 9.91. The first-order chi connectivity index (χ1) is 12.2. The third kappa shape index (κ3) is 5.69. The Morgan fingerprint density at radius 1 is 1.19 bits per heavy atom. The maximum absolute atomic E-state index is 12.3. The lowest BCUT2D eigenvalue weighted by molar-refractivity contribution is -0.155. The van der Waals surface area contributed by atoms with E-state index in [1.807, 2.05) is 39.0 Å². The van der Waals surface area contributed by atoms with Gasteiger partial charge in [-0.25, -0.2) is 0 Å². The van der Waals surface area contributed by atoms with Crippen LogP contribution in [0, 0.1) is 14.9 Å². The fraction of sp³-hybridized carbons (Fsp3) is 0.526. The van der Waals surface area contributed by atoms with Crippen LogP contribution in [-0.2, 0) is 19.1 Å². The third-order valence-corrected chi connectivity index (χ3v) is 5.19. The fourth-order valence-electron chi connectivity index (χ4n) is 2.80. The molecule has 0 aromatic heterocycles. The summed E-state index contributed by atoms with van der Waals surface area (Å²) < 4.78 is 6.08. The normalized spacial score (nSPS) is 15.5. The SMILES string of the molecule is CC(C)(C)C(=O)N1CCC(C(=O)OCC(=O)Nc2ccccc2I)CC1. The first-order valence-electron chi connectivity index (χ1n) is 8.69. The highest BCUT2D eigenvalue weighted by Gasteiger charge is 2.33. The number of piperidine rings is 1. The van der Waals surface area contributed by atoms with Gasteiger partial charge in [-0.2, -0.15) is 0 Å². The average Bonchev–Trinajstić information content (AvgIpc) is 2.60. The number of likely N-dealkylation sites (tertiary alicyclic amines) is 1. The average molecular weight is 472 g/mol. The Morgan fingerprint density at radius 2 is 1.81 bits per heavy atom. The van der Waals surface area contributed by atoms with E-state index in [-0.39, 0.29) is 30.3 Å². The van der Waals surface area contributed by atoms with E-state index in [0.717, 1.165) is 3.57 Å². The maximum atomic E-state index is 12.3. The van der Waals surface area contributed by atoms with Gasteiger partial charge in [0.05, 0.1) is 11.6 Å². The van der Waals surface area contributed by atoms with Gasteiger partial charge in [0.1, 0.15) is 0 Å². The number of carbonyl (C=O) groups excluding carboxylic acids is 3. The second-order valence-corrected chi connectivity index (χ2v) is 8.61. The molecule has 7 heteroatoms. The predicted octanol–water partition coefficient (Wildman–Crippen LogP) is 3.06. The number of amides is 2. The first kappa shape index (κ1) is 20.7. The van der Waals surface area contributed by atoms with Crippen LogP contribution < -0.4 is 5.32 Å². The number of anilines is 1. The summed E-state index contributed by atoms with van der Waals surface area (Å²) in [6, 6.07) is 7.39. The molecule has 0 atom stereocenters. The molecule has 1 aliphatic heterocycles. The van der Waals surface area contributed by atoms with Gasteiger partial charge in [0.2, 0.25) is 5.91 Å². The van der Waals surface area contributed by atoms with E-state index >= 15 is 0 Å². The van der Waals surface area contributed by atoms with Crippen LogP contribution in [0.3, 0.4) is 0 Å². The Bertz CT molecular complexity index is 676. The van der Waals surface area contributed by atoms with E-state index in [2.05, 4.69) is 27.9 Å². The topological polar surface area (TPSA) is 75.7 Å². The number of nitrogens with one attached hydrogen (secondary N) is 1. The Labute approximate surface area is 167 Å². The number of nitrogens with zero attached hydrogens (tertiary/aromatic N) is 1. The van der Waals surface area contributed by atoms with Gasteiger partial charge in [-0.05, 0) is 47.6 Å². The molecule has 1 aromatic rings. The number of ether oxygens (including phenoxy) is 1. The van der Waals surface area contributed by atoms with Crippen molar-refractivity contribution in [2.45, 2.75) is 33.6 Å². The summed E-state index contributed by atoms with van der Waals surface area (Å²) in [5.41, 5.74) is 0.281. The van der Waals surface area contributed by atoms with Crippen LogP contribution in [-0.4, -0.2) is 42.4 Å². The van der Waals surface area contributed by atoms with Gasteiger partial charge in [0, 0.05) is 22.1 Å². The molecule has 0 spiro atoms. The molecule has 0 bridgehead atoms. The minimum atomic E-state index is -0.416. The molecule has 2 rings (SSSR count). The molecule has 1 heterocycles. The van der Waals surface area contributed by atoms with E-state index in [9.17, 15) is 14.4 Å². The summed E-state index contributed by atoms with van der Waals surface area (Å²) in [4.78, 5) is 38.2. The molecule has 1 N–H and O–H groups in total. The van der Waals surface area contributed by atoms with Crippen molar-refractivity contribution in [2.24, 2.45) is 11.3 Å². The molecule has 1 fully saturated rings. The minimum absolute atomic E-state index is 0.0983. The van der Waals surface area contributed by atoms with Gasteiger partial charge in [0.15, 0.2) is 6.61 Å². The molecule has 6 nitrogen and oxygen atoms in total. The van der Waals surface area contributed by atoms with Crippen molar-refractivity contribution in [1.82, 2.24) is 4.90 Å². The number of hydrogen-bond donors (Lipinski definition) is 1. The smallest absolute Gasteiger partial charge is 0.309 e. The standard InChI is InChI=1S/C19H25IN2O4/c1-19(2,3)18(25)22-10-8-13(9-11-22)17(24)26-12-16(23)21-15-7-5-4-6-14(15)20/h4-7,13H,8-12H2,1-3H3,(H,21,23). The van der Waals surface area contributed by atoms with Crippen molar-refractivity contribution in [2.75, 3.05) is 25.0 Å². The summed E-state index contributed by atoms with van der Waals surface area (Å²) in [5.74, 6) is -0.890.